The molecule has 0 N–H and O–H groups in total. The van der Waals surface area contributed by atoms with Crippen molar-refractivity contribution in [2.75, 3.05) is 6.61 Å². The van der Waals surface area contributed by atoms with E-state index in [1.807, 2.05) is 18.2 Å². The summed E-state index contributed by atoms with van der Waals surface area (Å²) >= 11 is 8.28. The third-order valence-electron chi connectivity index (χ3n) is 2.49. The van der Waals surface area contributed by atoms with Crippen LogP contribution in [0.2, 0.25) is 0 Å². The summed E-state index contributed by atoms with van der Waals surface area (Å²) in [6, 6.07) is 9.09. The summed E-state index contributed by atoms with van der Waals surface area (Å²) in [7, 11) is 0. The summed E-state index contributed by atoms with van der Waals surface area (Å²) in [6.45, 7) is 2.75. The lowest BCUT2D eigenvalue weighted by Gasteiger charge is -2.05. The van der Waals surface area contributed by atoms with E-state index >= 15 is 0 Å². The van der Waals surface area contributed by atoms with E-state index in [1.54, 1.807) is 12.1 Å². The number of thiophene rings is 1. The fourth-order valence-electron chi connectivity index (χ4n) is 1.57. The highest BCUT2D eigenvalue weighted by Crippen LogP contribution is 2.33. The third-order valence-corrected chi connectivity index (χ3v) is 4.83. The zero-order chi connectivity index (χ0) is 13.8. The highest BCUT2D eigenvalue weighted by Gasteiger charge is 2.15. The Morgan fingerprint density at radius 2 is 1.95 bits per heavy atom. The van der Waals surface area contributed by atoms with Crippen LogP contribution in [0.3, 0.4) is 0 Å². The van der Waals surface area contributed by atoms with E-state index in [2.05, 4.69) is 38.8 Å². The van der Waals surface area contributed by atoms with Crippen molar-refractivity contribution in [2.45, 2.75) is 13.3 Å². The summed E-state index contributed by atoms with van der Waals surface area (Å²) in [5.41, 5.74) is 1.34. The molecular weight excluding hydrogens is 392 g/mol. The maximum Gasteiger partial charge on any atom is 0.195 e. The lowest BCUT2D eigenvalue weighted by molar-refractivity contribution is 0.103. The SMILES string of the molecule is CCCOc1ccc(C(=O)c2cc(Br)sc2Br)cc1. The maximum absolute atomic E-state index is 12.3. The molecule has 0 radical (unpaired) electrons. The Balaban J connectivity index is 2.18. The molecule has 1 aromatic heterocycles. The summed E-state index contributed by atoms with van der Waals surface area (Å²) in [5, 5.41) is 0. The van der Waals surface area contributed by atoms with Gasteiger partial charge in [0.15, 0.2) is 5.78 Å². The standard InChI is InChI=1S/C14H12Br2O2S/c1-2-7-18-10-5-3-9(4-6-10)13(17)11-8-12(15)19-14(11)16/h3-6,8H,2,7H2,1H3. The van der Waals surface area contributed by atoms with E-state index in [-0.39, 0.29) is 5.78 Å². The van der Waals surface area contributed by atoms with Gasteiger partial charge in [0.1, 0.15) is 5.75 Å². The topological polar surface area (TPSA) is 26.3 Å². The Hall–Kier alpha value is -0.650. The molecule has 0 bridgehead atoms. The second-order valence-electron chi connectivity index (χ2n) is 3.94. The molecular formula is C14H12Br2O2S. The first-order valence-electron chi connectivity index (χ1n) is 5.84. The Bertz CT molecular complexity index is 576. The molecule has 5 heteroatoms. The number of hydrogen-bond donors (Lipinski definition) is 0. The smallest absolute Gasteiger partial charge is 0.195 e. The quantitative estimate of drug-likeness (QED) is 0.633. The molecule has 2 rings (SSSR count). The molecule has 0 spiro atoms. The average molecular weight is 404 g/mol. The minimum absolute atomic E-state index is 0.0101. The van der Waals surface area contributed by atoms with Gasteiger partial charge in [-0.05, 0) is 68.6 Å². The summed E-state index contributed by atoms with van der Waals surface area (Å²) in [5.74, 6) is 0.805. The predicted octanol–water partition coefficient (Wildman–Crippen LogP) is 5.29. The first-order valence-corrected chi connectivity index (χ1v) is 8.24. The van der Waals surface area contributed by atoms with Gasteiger partial charge < -0.3 is 4.74 Å². The largest absolute Gasteiger partial charge is 0.494 e. The molecule has 100 valence electrons. The number of carbonyl (C=O) groups is 1. The van der Waals surface area contributed by atoms with E-state index in [9.17, 15) is 4.79 Å². The van der Waals surface area contributed by atoms with Crippen molar-refractivity contribution in [1.82, 2.24) is 0 Å². The van der Waals surface area contributed by atoms with Gasteiger partial charge in [-0.15, -0.1) is 11.3 Å². The Kier molecular flexibility index (Phi) is 5.19. The molecule has 0 amide bonds. The molecule has 2 aromatic rings. The van der Waals surface area contributed by atoms with Crippen LogP contribution in [0, 0.1) is 0 Å². The number of ether oxygens (including phenoxy) is 1. The first-order chi connectivity index (χ1) is 9.11. The summed E-state index contributed by atoms with van der Waals surface area (Å²) < 4.78 is 7.28. The van der Waals surface area contributed by atoms with Crippen LogP contribution in [0.25, 0.3) is 0 Å². The molecule has 0 aliphatic heterocycles. The van der Waals surface area contributed by atoms with Gasteiger partial charge in [-0.1, -0.05) is 6.92 Å². The second-order valence-corrected chi connectivity index (χ2v) is 7.69. The van der Waals surface area contributed by atoms with E-state index in [0.29, 0.717) is 17.7 Å². The molecule has 19 heavy (non-hydrogen) atoms. The first kappa shape index (κ1) is 14.8. The molecule has 0 unspecified atom stereocenters. The number of ketones is 1. The maximum atomic E-state index is 12.3. The van der Waals surface area contributed by atoms with Crippen molar-refractivity contribution in [1.29, 1.82) is 0 Å². The molecule has 0 atom stereocenters. The fourth-order valence-corrected chi connectivity index (χ4v) is 4.37. The predicted molar refractivity (Wildman–Crippen MR) is 85.4 cm³/mol. The monoisotopic (exact) mass is 402 g/mol. The molecule has 0 fully saturated rings. The van der Waals surface area contributed by atoms with Crippen LogP contribution in [0.15, 0.2) is 37.9 Å². The molecule has 1 aromatic carbocycles. The fraction of sp³-hybridized carbons (Fsp3) is 0.214. The van der Waals surface area contributed by atoms with Crippen LogP contribution in [0.4, 0.5) is 0 Å². The van der Waals surface area contributed by atoms with Crippen LogP contribution in [0.1, 0.15) is 29.3 Å². The second kappa shape index (κ2) is 6.68. The molecule has 0 saturated carbocycles. The van der Waals surface area contributed by atoms with E-state index in [1.165, 1.54) is 11.3 Å². The average Bonchev–Trinajstić information content (AvgIpc) is 2.75. The Morgan fingerprint density at radius 1 is 1.26 bits per heavy atom. The van der Waals surface area contributed by atoms with Crippen LogP contribution < -0.4 is 4.74 Å². The van der Waals surface area contributed by atoms with Gasteiger partial charge in [0.05, 0.1) is 14.2 Å². The molecule has 1 heterocycles. The summed E-state index contributed by atoms with van der Waals surface area (Å²) in [4.78, 5) is 12.3. The highest BCUT2D eigenvalue weighted by molar-refractivity contribution is 9.12. The van der Waals surface area contributed by atoms with Gasteiger partial charge >= 0.3 is 0 Å². The van der Waals surface area contributed by atoms with E-state index < -0.39 is 0 Å². The number of benzene rings is 1. The van der Waals surface area contributed by atoms with Crippen molar-refractivity contribution >= 4 is 49.0 Å². The van der Waals surface area contributed by atoms with Crippen molar-refractivity contribution < 1.29 is 9.53 Å². The zero-order valence-electron chi connectivity index (χ0n) is 10.3. The normalized spacial score (nSPS) is 10.5. The minimum atomic E-state index is 0.0101. The lowest BCUT2D eigenvalue weighted by atomic mass is 10.1. The number of rotatable bonds is 5. The number of hydrogen-bond acceptors (Lipinski definition) is 3. The van der Waals surface area contributed by atoms with Crippen molar-refractivity contribution in [2.24, 2.45) is 0 Å². The van der Waals surface area contributed by atoms with E-state index in [0.717, 1.165) is 19.7 Å². The van der Waals surface area contributed by atoms with Crippen molar-refractivity contribution in [3.05, 3.63) is 49.0 Å². The van der Waals surface area contributed by atoms with E-state index in [4.69, 9.17) is 4.74 Å². The van der Waals surface area contributed by atoms with Crippen molar-refractivity contribution in [3.63, 3.8) is 0 Å². The van der Waals surface area contributed by atoms with Gasteiger partial charge in [0.25, 0.3) is 0 Å². The van der Waals surface area contributed by atoms with Gasteiger partial charge in [0, 0.05) is 11.1 Å². The Morgan fingerprint density at radius 3 is 2.47 bits per heavy atom. The molecule has 0 aliphatic rings. The number of carbonyl (C=O) groups excluding carboxylic acids is 1. The lowest BCUT2D eigenvalue weighted by Crippen LogP contribution is -2.01. The van der Waals surface area contributed by atoms with Gasteiger partial charge in [0.2, 0.25) is 0 Å². The minimum Gasteiger partial charge on any atom is -0.494 e. The summed E-state index contributed by atoms with van der Waals surface area (Å²) in [6.07, 6.45) is 0.969. The Labute approximate surface area is 133 Å². The van der Waals surface area contributed by atoms with Crippen LogP contribution in [-0.4, -0.2) is 12.4 Å². The molecule has 0 aliphatic carbocycles. The van der Waals surface area contributed by atoms with Crippen LogP contribution in [0.5, 0.6) is 5.75 Å². The third kappa shape index (κ3) is 3.68. The zero-order valence-corrected chi connectivity index (χ0v) is 14.3. The van der Waals surface area contributed by atoms with Crippen LogP contribution >= 0.6 is 43.2 Å². The molecule has 2 nitrogen and oxygen atoms in total. The van der Waals surface area contributed by atoms with Gasteiger partial charge in [-0.25, -0.2) is 0 Å². The number of halogens is 2. The van der Waals surface area contributed by atoms with Crippen molar-refractivity contribution in [3.8, 4) is 5.75 Å². The van der Waals surface area contributed by atoms with Crippen LogP contribution in [-0.2, 0) is 0 Å². The van der Waals surface area contributed by atoms with Gasteiger partial charge in [-0.2, -0.15) is 0 Å². The highest BCUT2D eigenvalue weighted by atomic mass is 79.9. The molecule has 0 saturated heterocycles. The van der Waals surface area contributed by atoms with Gasteiger partial charge in [-0.3, -0.25) is 4.79 Å².